The Hall–Kier alpha value is -2.45. The van der Waals surface area contributed by atoms with Crippen LogP contribution in [0, 0.1) is 5.92 Å². The van der Waals surface area contributed by atoms with Gasteiger partial charge in [0.1, 0.15) is 6.04 Å². The first kappa shape index (κ1) is 36.0. The number of hydrogen-bond acceptors (Lipinski definition) is 5. The Balaban J connectivity index is 1.71. The average Bonchev–Trinajstić information content (AvgIpc) is 3.34. The molecule has 2 amide bonds. The van der Waals surface area contributed by atoms with E-state index in [0.29, 0.717) is 30.5 Å². The summed E-state index contributed by atoms with van der Waals surface area (Å²) >= 11 is 6.14. The van der Waals surface area contributed by atoms with Gasteiger partial charge in [-0.15, -0.1) is 0 Å². The summed E-state index contributed by atoms with van der Waals surface area (Å²) in [6.07, 6.45) is 8.60. The Labute approximate surface area is 271 Å². The Kier molecular flexibility index (Phi) is 14.2. The maximum Gasteiger partial charge on any atom is 0.245 e. The number of nitrogens with one attached hydrogen (secondary N) is 2. The van der Waals surface area contributed by atoms with Gasteiger partial charge in [0.15, 0.2) is 0 Å². The van der Waals surface area contributed by atoms with Crippen LogP contribution in [-0.4, -0.2) is 96.5 Å². The Morgan fingerprint density at radius 3 is 2.41 bits per heavy atom. The topological polar surface area (TPSA) is 67.9 Å². The zero-order valence-corrected chi connectivity index (χ0v) is 28.8. The molecule has 7 nitrogen and oxygen atoms in total. The predicted molar refractivity (Wildman–Crippen MR) is 184 cm³/mol. The van der Waals surface area contributed by atoms with E-state index in [4.69, 9.17) is 11.6 Å². The molecule has 1 aromatic rings. The summed E-state index contributed by atoms with van der Waals surface area (Å²) in [5.74, 6) is 0.448. The van der Waals surface area contributed by atoms with Gasteiger partial charge in [-0.1, -0.05) is 81.8 Å². The van der Waals surface area contributed by atoms with Crippen LogP contribution in [0.4, 0.5) is 0 Å². The zero-order valence-electron chi connectivity index (χ0n) is 28.0. The van der Waals surface area contributed by atoms with Gasteiger partial charge in [-0.25, -0.2) is 0 Å². The van der Waals surface area contributed by atoms with Crippen LogP contribution < -0.4 is 10.6 Å². The van der Waals surface area contributed by atoms with Gasteiger partial charge in [0.05, 0.1) is 0 Å². The molecule has 2 aliphatic rings. The minimum atomic E-state index is -0.640. The number of nitrogens with zero attached hydrogens (tertiary/aromatic N) is 3. The highest BCUT2D eigenvalue weighted by atomic mass is 35.5. The molecule has 2 N–H and O–H groups in total. The van der Waals surface area contributed by atoms with Crippen molar-refractivity contribution >= 4 is 23.4 Å². The minimum absolute atomic E-state index is 0.0143. The van der Waals surface area contributed by atoms with E-state index in [1.165, 1.54) is 5.57 Å². The van der Waals surface area contributed by atoms with E-state index in [0.717, 1.165) is 63.2 Å². The summed E-state index contributed by atoms with van der Waals surface area (Å²) in [5, 5.41) is 7.21. The second-order valence-electron chi connectivity index (χ2n) is 13.1. The molecule has 2 aliphatic heterocycles. The van der Waals surface area contributed by atoms with Gasteiger partial charge in [-0.05, 0) is 75.5 Å². The molecule has 44 heavy (non-hydrogen) atoms. The van der Waals surface area contributed by atoms with Gasteiger partial charge in [-0.3, -0.25) is 14.5 Å². The van der Waals surface area contributed by atoms with Gasteiger partial charge in [0.2, 0.25) is 11.8 Å². The van der Waals surface area contributed by atoms with E-state index >= 15 is 0 Å². The van der Waals surface area contributed by atoms with E-state index in [1.54, 1.807) is 6.08 Å². The first-order chi connectivity index (χ1) is 21.0. The van der Waals surface area contributed by atoms with Crippen LogP contribution >= 0.6 is 11.6 Å². The van der Waals surface area contributed by atoms with E-state index in [2.05, 4.69) is 68.6 Å². The third-order valence-electron chi connectivity index (χ3n) is 9.33. The predicted octanol–water partition coefficient (Wildman–Crippen LogP) is 5.47. The number of piperazine rings is 1. The lowest BCUT2D eigenvalue weighted by atomic mass is 9.85. The fourth-order valence-electron chi connectivity index (χ4n) is 6.79. The molecule has 1 fully saturated rings. The second-order valence-corrected chi connectivity index (χ2v) is 13.5. The number of amides is 2. The molecule has 1 saturated heterocycles. The summed E-state index contributed by atoms with van der Waals surface area (Å²) in [6.45, 7) is 24.3. The van der Waals surface area contributed by atoms with Crippen LogP contribution in [0.15, 0.2) is 60.2 Å². The second kappa shape index (κ2) is 17.3. The molecular formula is C36H56ClN5O2. The molecular weight excluding hydrogens is 570 g/mol. The van der Waals surface area contributed by atoms with E-state index in [1.807, 2.05) is 41.3 Å². The van der Waals surface area contributed by atoms with Crippen molar-refractivity contribution in [2.75, 3.05) is 52.4 Å². The molecule has 0 spiro atoms. The van der Waals surface area contributed by atoms with Crippen molar-refractivity contribution in [2.24, 2.45) is 5.92 Å². The molecule has 3 atom stereocenters. The van der Waals surface area contributed by atoms with Gasteiger partial charge in [0.25, 0.3) is 0 Å². The van der Waals surface area contributed by atoms with Crippen LogP contribution in [0.5, 0.6) is 0 Å². The van der Waals surface area contributed by atoms with Crippen molar-refractivity contribution in [3.63, 3.8) is 0 Å². The van der Waals surface area contributed by atoms with Crippen molar-refractivity contribution in [2.45, 2.75) is 84.8 Å². The first-order valence-electron chi connectivity index (χ1n) is 16.5. The summed E-state index contributed by atoms with van der Waals surface area (Å²) < 4.78 is 0. The lowest BCUT2D eigenvalue weighted by molar-refractivity contribution is -0.139. The van der Waals surface area contributed by atoms with Crippen LogP contribution in [0.1, 0.15) is 66.4 Å². The van der Waals surface area contributed by atoms with Crippen LogP contribution in [0.2, 0.25) is 5.02 Å². The van der Waals surface area contributed by atoms with E-state index < -0.39 is 6.04 Å². The molecule has 0 radical (unpaired) electrons. The number of rotatable bonds is 16. The fourth-order valence-corrected chi connectivity index (χ4v) is 6.91. The van der Waals surface area contributed by atoms with Crippen molar-refractivity contribution in [1.29, 1.82) is 0 Å². The molecule has 0 aromatic heterocycles. The van der Waals surface area contributed by atoms with E-state index in [9.17, 15) is 9.59 Å². The molecule has 0 aliphatic carbocycles. The van der Waals surface area contributed by atoms with Gasteiger partial charge in [0, 0.05) is 62.2 Å². The van der Waals surface area contributed by atoms with Gasteiger partial charge < -0.3 is 20.4 Å². The van der Waals surface area contributed by atoms with Gasteiger partial charge in [-0.2, -0.15) is 0 Å². The highest BCUT2D eigenvalue weighted by Gasteiger charge is 2.37. The SMILES string of the molecule is C=C/C=C\C1=C(C)CNC1CC(=O)NC(Cc1ccc(Cl)cc1)C(=O)N1CCN(C(C)(CCN(CC)CC)CC(C)C)CC1. The zero-order chi connectivity index (χ0) is 32.3. The van der Waals surface area contributed by atoms with Crippen molar-refractivity contribution in [3.8, 4) is 0 Å². The number of hydrogen-bond donors (Lipinski definition) is 2. The summed E-state index contributed by atoms with van der Waals surface area (Å²) in [7, 11) is 0. The molecule has 244 valence electrons. The Morgan fingerprint density at radius 2 is 1.82 bits per heavy atom. The largest absolute Gasteiger partial charge is 0.344 e. The first-order valence-corrected chi connectivity index (χ1v) is 16.9. The third-order valence-corrected chi connectivity index (χ3v) is 9.59. The molecule has 8 heteroatoms. The molecule has 0 saturated carbocycles. The number of halogens is 1. The summed E-state index contributed by atoms with van der Waals surface area (Å²) in [6, 6.07) is 6.81. The highest BCUT2D eigenvalue weighted by Crippen LogP contribution is 2.29. The lowest BCUT2D eigenvalue weighted by Crippen LogP contribution is -2.60. The van der Waals surface area contributed by atoms with Crippen molar-refractivity contribution in [1.82, 2.24) is 25.3 Å². The Morgan fingerprint density at radius 1 is 1.16 bits per heavy atom. The molecule has 2 heterocycles. The fraction of sp³-hybridized carbons (Fsp3) is 0.611. The number of carbonyl (C=O) groups excluding carboxylic acids is 2. The number of benzene rings is 1. The highest BCUT2D eigenvalue weighted by molar-refractivity contribution is 6.30. The standard InChI is InChI=1S/C36H56ClN5O2/c1-8-11-12-31-28(6)26-38-32(31)24-34(43)39-33(23-29-13-15-30(37)16-14-29)35(44)41-19-21-42(22-20-41)36(7,25-27(4)5)17-18-40(9-2)10-3/h8,11-16,27,32-33,38H,1,9-10,17-26H2,2-7H3,(H,39,43)/b12-11-. The quantitative estimate of drug-likeness (QED) is 0.239. The number of allylic oxidation sites excluding steroid dienone is 2. The van der Waals surface area contributed by atoms with Crippen LogP contribution in [0.3, 0.4) is 0 Å². The molecule has 1 aromatic carbocycles. The number of carbonyl (C=O) groups is 2. The lowest BCUT2D eigenvalue weighted by Gasteiger charge is -2.48. The van der Waals surface area contributed by atoms with Gasteiger partial charge >= 0.3 is 0 Å². The summed E-state index contributed by atoms with van der Waals surface area (Å²) in [4.78, 5) is 34.5. The smallest absolute Gasteiger partial charge is 0.245 e. The average molecular weight is 626 g/mol. The maximum atomic E-state index is 14.0. The van der Waals surface area contributed by atoms with Crippen molar-refractivity contribution in [3.05, 3.63) is 70.8 Å². The molecule has 3 unspecified atom stereocenters. The van der Waals surface area contributed by atoms with Crippen molar-refractivity contribution < 1.29 is 9.59 Å². The minimum Gasteiger partial charge on any atom is -0.344 e. The monoisotopic (exact) mass is 625 g/mol. The van der Waals surface area contributed by atoms with Crippen LogP contribution in [0.25, 0.3) is 0 Å². The third kappa shape index (κ3) is 10.3. The van der Waals surface area contributed by atoms with E-state index in [-0.39, 0.29) is 29.8 Å². The summed E-state index contributed by atoms with van der Waals surface area (Å²) in [5.41, 5.74) is 3.38. The maximum absolute atomic E-state index is 14.0. The molecule has 0 bridgehead atoms. The normalized spacial score (nSPS) is 20.0. The van der Waals surface area contributed by atoms with Crippen LogP contribution in [-0.2, 0) is 16.0 Å². The Bertz CT molecular complexity index is 1150. The molecule has 3 rings (SSSR count).